The summed E-state index contributed by atoms with van der Waals surface area (Å²) in [7, 11) is 0. The van der Waals surface area contributed by atoms with Crippen LogP contribution in [-0.4, -0.2) is 29.1 Å². The van der Waals surface area contributed by atoms with E-state index in [2.05, 4.69) is 17.1 Å². The molecule has 0 aromatic heterocycles. The van der Waals surface area contributed by atoms with Crippen LogP contribution in [-0.2, 0) is 4.79 Å². The van der Waals surface area contributed by atoms with Gasteiger partial charge in [-0.3, -0.25) is 10.1 Å². The van der Waals surface area contributed by atoms with E-state index in [4.69, 9.17) is 0 Å². The Bertz CT molecular complexity index is 357. The molecule has 0 aromatic rings. The molecule has 0 radical (unpaired) electrons. The van der Waals surface area contributed by atoms with Gasteiger partial charge in [0.05, 0.1) is 12.2 Å². The molecule has 0 bridgehead atoms. The lowest BCUT2D eigenvalue weighted by atomic mass is 9.99. The van der Waals surface area contributed by atoms with Gasteiger partial charge in [-0.1, -0.05) is 12.8 Å². The summed E-state index contributed by atoms with van der Waals surface area (Å²) in [6.07, 6.45) is 11.1. The second kappa shape index (κ2) is 4.47. The molecule has 0 spiro atoms. The van der Waals surface area contributed by atoms with Gasteiger partial charge in [0, 0.05) is 6.04 Å². The minimum atomic E-state index is 0.0469. The zero-order chi connectivity index (χ0) is 13.0. The molecule has 106 valence electrons. The van der Waals surface area contributed by atoms with E-state index in [1.807, 2.05) is 0 Å². The Morgan fingerprint density at radius 1 is 1.05 bits per heavy atom. The topological polar surface area (TPSA) is 32.3 Å². The lowest BCUT2D eigenvalue weighted by molar-refractivity contribution is -0.133. The molecular weight excluding hydrogens is 236 g/mol. The maximum Gasteiger partial charge on any atom is 0.241 e. The Kier molecular flexibility index (Phi) is 2.87. The van der Waals surface area contributed by atoms with Gasteiger partial charge in [-0.05, 0) is 63.2 Å². The third kappa shape index (κ3) is 2.10. The fourth-order valence-electron chi connectivity index (χ4n) is 4.45. The summed E-state index contributed by atoms with van der Waals surface area (Å²) >= 11 is 0. The molecule has 3 heteroatoms. The van der Waals surface area contributed by atoms with E-state index in [1.165, 1.54) is 51.4 Å². The first-order chi connectivity index (χ1) is 9.25. The van der Waals surface area contributed by atoms with E-state index in [-0.39, 0.29) is 6.04 Å². The standard InChI is InChI=1S/C16H26N2O/c1-10-16(19)18(14(11-6-7-11)12-8-9-12)15(17-10)13-4-2-3-5-13/h10-15,17H,2-9H2,1H3. The van der Waals surface area contributed by atoms with Crippen molar-refractivity contribution in [3.8, 4) is 0 Å². The van der Waals surface area contributed by atoms with Gasteiger partial charge in [-0.25, -0.2) is 0 Å². The van der Waals surface area contributed by atoms with E-state index < -0.39 is 0 Å². The average Bonchev–Trinajstić information content (AvgIpc) is 3.32. The van der Waals surface area contributed by atoms with Crippen molar-refractivity contribution in [3.05, 3.63) is 0 Å². The van der Waals surface area contributed by atoms with Crippen LogP contribution in [0.1, 0.15) is 58.3 Å². The quantitative estimate of drug-likeness (QED) is 0.844. The molecule has 4 rings (SSSR count). The van der Waals surface area contributed by atoms with E-state index in [1.54, 1.807) is 0 Å². The first-order valence-corrected chi connectivity index (χ1v) is 8.34. The number of hydrogen-bond donors (Lipinski definition) is 1. The molecule has 0 aromatic carbocycles. The molecule has 3 saturated carbocycles. The Balaban J connectivity index is 1.59. The number of nitrogens with zero attached hydrogens (tertiary/aromatic N) is 1. The number of nitrogens with one attached hydrogen (secondary N) is 1. The van der Waals surface area contributed by atoms with Gasteiger partial charge in [0.25, 0.3) is 0 Å². The van der Waals surface area contributed by atoms with Gasteiger partial charge in [-0.2, -0.15) is 0 Å². The first kappa shape index (κ1) is 12.2. The largest absolute Gasteiger partial charge is 0.322 e. The Morgan fingerprint density at radius 2 is 1.63 bits per heavy atom. The Hall–Kier alpha value is -0.570. The van der Waals surface area contributed by atoms with E-state index in [0.29, 0.717) is 24.0 Å². The SMILES string of the molecule is CC1NC(C2CCCC2)N(C(C2CC2)C2CC2)C1=O. The van der Waals surface area contributed by atoms with Crippen molar-refractivity contribution in [2.75, 3.05) is 0 Å². The molecule has 2 atom stereocenters. The normalized spacial score (nSPS) is 36.7. The van der Waals surface area contributed by atoms with E-state index >= 15 is 0 Å². The van der Waals surface area contributed by atoms with Gasteiger partial charge in [-0.15, -0.1) is 0 Å². The second-order valence-electron chi connectivity index (χ2n) is 7.29. The summed E-state index contributed by atoms with van der Waals surface area (Å²) < 4.78 is 0. The first-order valence-electron chi connectivity index (χ1n) is 8.34. The van der Waals surface area contributed by atoms with Gasteiger partial charge >= 0.3 is 0 Å². The minimum Gasteiger partial charge on any atom is -0.322 e. The molecule has 1 saturated heterocycles. The zero-order valence-electron chi connectivity index (χ0n) is 12.0. The van der Waals surface area contributed by atoms with E-state index in [0.717, 1.165) is 11.8 Å². The van der Waals surface area contributed by atoms with Crippen LogP contribution >= 0.6 is 0 Å². The highest BCUT2D eigenvalue weighted by Gasteiger charge is 2.52. The van der Waals surface area contributed by atoms with Crippen LogP contribution in [0, 0.1) is 17.8 Å². The van der Waals surface area contributed by atoms with Gasteiger partial charge in [0.1, 0.15) is 0 Å². The summed E-state index contributed by atoms with van der Waals surface area (Å²) in [5.41, 5.74) is 0. The minimum absolute atomic E-state index is 0.0469. The maximum atomic E-state index is 12.6. The molecule has 4 aliphatic rings. The van der Waals surface area contributed by atoms with E-state index in [9.17, 15) is 4.79 Å². The van der Waals surface area contributed by atoms with Crippen molar-refractivity contribution in [3.63, 3.8) is 0 Å². The molecule has 19 heavy (non-hydrogen) atoms. The number of carbonyl (C=O) groups excluding carboxylic acids is 1. The molecule has 1 N–H and O–H groups in total. The molecule has 3 aliphatic carbocycles. The highest BCUT2D eigenvalue weighted by molar-refractivity contribution is 5.84. The van der Waals surface area contributed by atoms with Crippen molar-refractivity contribution < 1.29 is 4.79 Å². The molecule has 1 amide bonds. The summed E-state index contributed by atoms with van der Waals surface area (Å²) in [6, 6.07) is 0.626. The summed E-state index contributed by atoms with van der Waals surface area (Å²) in [4.78, 5) is 15.0. The van der Waals surface area contributed by atoms with Crippen molar-refractivity contribution in [1.82, 2.24) is 10.2 Å². The zero-order valence-corrected chi connectivity index (χ0v) is 12.0. The predicted molar refractivity (Wildman–Crippen MR) is 74.4 cm³/mol. The van der Waals surface area contributed by atoms with Crippen LogP contribution < -0.4 is 5.32 Å². The average molecular weight is 262 g/mol. The lowest BCUT2D eigenvalue weighted by Crippen LogP contribution is -2.50. The molecule has 1 aliphatic heterocycles. The number of amides is 1. The van der Waals surface area contributed by atoms with Crippen LogP contribution in [0.25, 0.3) is 0 Å². The van der Waals surface area contributed by atoms with Crippen molar-refractivity contribution >= 4 is 5.91 Å². The highest BCUT2D eigenvalue weighted by atomic mass is 16.2. The van der Waals surface area contributed by atoms with Crippen LogP contribution in [0.5, 0.6) is 0 Å². The van der Waals surface area contributed by atoms with Gasteiger partial charge in [0.2, 0.25) is 5.91 Å². The Morgan fingerprint density at radius 3 is 2.16 bits per heavy atom. The number of carbonyl (C=O) groups is 1. The molecule has 4 fully saturated rings. The lowest BCUT2D eigenvalue weighted by Gasteiger charge is -2.36. The molecule has 1 heterocycles. The molecule has 3 nitrogen and oxygen atoms in total. The van der Waals surface area contributed by atoms with Gasteiger partial charge < -0.3 is 4.90 Å². The molecule has 2 unspecified atom stereocenters. The van der Waals surface area contributed by atoms with Crippen molar-refractivity contribution in [2.45, 2.75) is 76.5 Å². The fourth-order valence-corrected chi connectivity index (χ4v) is 4.45. The molecular formula is C16H26N2O. The monoisotopic (exact) mass is 262 g/mol. The van der Waals surface area contributed by atoms with Crippen LogP contribution in [0.4, 0.5) is 0 Å². The number of rotatable bonds is 4. The second-order valence-corrected chi connectivity index (χ2v) is 7.29. The van der Waals surface area contributed by atoms with Crippen molar-refractivity contribution in [2.24, 2.45) is 17.8 Å². The number of hydrogen-bond acceptors (Lipinski definition) is 2. The Labute approximate surface area is 116 Å². The third-order valence-corrected chi connectivity index (χ3v) is 5.72. The fraction of sp³-hybridized carbons (Fsp3) is 0.938. The van der Waals surface area contributed by atoms with Crippen LogP contribution in [0.15, 0.2) is 0 Å². The van der Waals surface area contributed by atoms with Crippen LogP contribution in [0.3, 0.4) is 0 Å². The van der Waals surface area contributed by atoms with Crippen molar-refractivity contribution in [1.29, 1.82) is 0 Å². The summed E-state index contributed by atoms with van der Waals surface area (Å²) in [5.74, 6) is 2.76. The summed E-state index contributed by atoms with van der Waals surface area (Å²) in [6.45, 7) is 2.06. The summed E-state index contributed by atoms with van der Waals surface area (Å²) in [5, 5.41) is 3.62. The van der Waals surface area contributed by atoms with Crippen LogP contribution in [0.2, 0.25) is 0 Å². The van der Waals surface area contributed by atoms with Gasteiger partial charge in [0.15, 0.2) is 0 Å². The third-order valence-electron chi connectivity index (χ3n) is 5.72. The highest BCUT2D eigenvalue weighted by Crippen LogP contribution is 2.49. The predicted octanol–water partition coefficient (Wildman–Crippen LogP) is 2.51. The maximum absolute atomic E-state index is 12.6. The smallest absolute Gasteiger partial charge is 0.241 e.